The summed E-state index contributed by atoms with van der Waals surface area (Å²) in [6, 6.07) is 0. The highest BCUT2D eigenvalue weighted by molar-refractivity contribution is 7.11. The molecule has 19 heavy (non-hydrogen) atoms. The maximum absolute atomic E-state index is 11.3. The normalized spacial score (nSPS) is 20.2. The summed E-state index contributed by atoms with van der Waals surface area (Å²) in [5, 5.41) is 2.18. The van der Waals surface area contributed by atoms with Crippen LogP contribution in [0.25, 0.3) is 0 Å². The van der Waals surface area contributed by atoms with Gasteiger partial charge in [0.2, 0.25) is 5.91 Å². The number of amides is 2. The number of carbonyl (C=O) groups is 2. The smallest absolute Gasteiger partial charge is 0.294 e. The Morgan fingerprint density at radius 2 is 2.37 bits per heavy atom. The van der Waals surface area contributed by atoms with Gasteiger partial charge in [0.05, 0.1) is 11.6 Å². The van der Waals surface area contributed by atoms with E-state index in [2.05, 4.69) is 15.3 Å². The third-order valence-corrected chi connectivity index (χ3v) is 4.06. The van der Waals surface area contributed by atoms with Crippen molar-refractivity contribution in [2.75, 3.05) is 13.1 Å². The fraction of sp³-hybridized carbons (Fsp3) is 0.545. The van der Waals surface area contributed by atoms with Crippen LogP contribution in [0.4, 0.5) is 0 Å². The zero-order valence-corrected chi connectivity index (χ0v) is 11.3. The van der Waals surface area contributed by atoms with E-state index < -0.39 is 0 Å². The molecule has 0 spiro atoms. The number of rotatable bonds is 4. The number of primary amides is 1. The SMILES string of the molecule is NNC(=O)c1nc(CN2CCCC(C(N)=O)C2)cs1. The average Bonchev–Trinajstić information content (AvgIpc) is 2.86. The van der Waals surface area contributed by atoms with Crippen LogP contribution in [-0.2, 0) is 11.3 Å². The zero-order valence-electron chi connectivity index (χ0n) is 10.5. The second-order valence-corrected chi connectivity index (χ2v) is 5.45. The van der Waals surface area contributed by atoms with Gasteiger partial charge in [-0.3, -0.25) is 19.9 Å². The van der Waals surface area contributed by atoms with Crippen LogP contribution in [0.5, 0.6) is 0 Å². The van der Waals surface area contributed by atoms with Gasteiger partial charge < -0.3 is 5.73 Å². The van der Waals surface area contributed by atoms with Gasteiger partial charge in [-0.15, -0.1) is 11.3 Å². The lowest BCUT2D eigenvalue weighted by atomic mass is 9.97. The molecule has 2 rings (SSSR count). The maximum atomic E-state index is 11.3. The molecule has 0 radical (unpaired) electrons. The van der Waals surface area contributed by atoms with Crippen LogP contribution in [0.2, 0.25) is 0 Å². The van der Waals surface area contributed by atoms with E-state index in [0.717, 1.165) is 25.1 Å². The first-order chi connectivity index (χ1) is 9.10. The van der Waals surface area contributed by atoms with Gasteiger partial charge in [0.1, 0.15) is 0 Å². The summed E-state index contributed by atoms with van der Waals surface area (Å²) < 4.78 is 0. The molecule has 1 aliphatic rings. The van der Waals surface area contributed by atoms with E-state index in [-0.39, 0.29) is 17.7 Å². The van der Waals surface area contributed by atoms with Gasteiger partial charge in [0.25, 0.3) is 5.91 Å². The van der Waals surface area contributed by atoms with E-state index in [1.165, 1.54) is 11.3 Å². The number of hydrogen-bond acceptors (Lipinski definition) is 6. The van der Waals surface area contributed by atoms with Gasteiger partial charge in [-0.05, 0) is 19.4 Å². The van der Waals surface area contributed by atoms with Gasteiger partial charge in [0.15, 0.2) is 5.01 Å². The monoisotopic (exact) mass is 283 g/mol. The summed E-state index contributed by atoms with van der Waals surface area (Å²) in [4.78, 5) is 28.8. The third-order valence-electron chi connectivity index (χ3n) is 3.17. The van der Waals surface area contributed by atoms with Crippen molar-refractivity contribution in [3.8, 4) is 0 Å². The summed E-state index contributed by atoms with van der Waals surface area (Å²) in [6.07, 6.45) is 1.80. The van der Waals surface area contributed by atoms with E-state index in [4.69, 9.17) is 11.6 Å². The van der Waals surface area contributed by atoms with E-state index in [9.17, 15) is 9.59 Å². The van der Waals surface area contributed by atoms with Gasteiger partial charge >= 0.3 is 0 Å². The van der Waals surface area contributed by atoms with Crippen molar-refractivity contribution in [2.45, 2.75) is 19.4 Å². The number of likely N-dealkylation sites (tertiary alicyclic amines) is 1. The summed E-state index contributed by atoms with van der Waals surface area (Å²) in [5.41, 5.74) is 8.21. The van der Waals surface area contributed by atoms with E-state index in [1.807, 2.05) is 5.38 Å². The lowest BCUT2D eigenvalue weighted by molar-refractivity contribution is -0.123. The molecule has 1 fully saturated rings. The Kier molecular flexibility index (Phi) is 4.46. The number of nitrogens with two attached hydrogens (primary N) is 2. The molecule has 1 aliphatic heterocycles. The number of nitrogens with one attached hydrogen (secondary N) is 1. The Morgan fingerprint density at radius 3 is 3.05 bits per heavy atom. The summed E-state index contributed by atoms with van der Waals surface area (Å²) in [5.74, 6) is 4.34. The molecule has 0 aliphatic carbocycles. The molecule has 1 unspecified atom stereocenters. The molecule has 1 aromatic rings. The number of thiazole rings is 1. The molecule has 7 nitrogen and oxygen atoms in total. The summed E-state index contributed by atoms with van der Waals surface area (Å²) >= 11 is 1.26. The molecule has 5 N–H and O–H groups in total. The summed E-state index contributed by atoms with van der Waals surface area (Å²) in [6.45, 7) is 2.20. The molecule has 0 saturated carbocycles. The highest BCUT2D eigenvalue weighted by Crippen LogP contribution is 2.19. The standard InChI is InChI=1S/C11H17N5O2S/c12-9(17)7-2-1-3-16(4-7)5-8-6-19-11(14-8)10(18)15-13/h6-7H,1-5,13H2,(H2,12,17)(H,15,18). The highest BCUT2D eigenvalue weighted by Gasteiger charge is 2.24. The van der Waals surface area contributed by atoms with E-state index in [0.29, 0.717) is 18.1 Å². The lowest BCUT2D eigenvalue weighted by Gasteiger charge is -2.30. The van der Waals surface area contributed by atoms with Crippen molar-refractivity contribution in [1.29, 1.82) is 0 Å². The number of piperidine rings is 1. The largest absolute Gasteiger partial charge is 0.369 e. The number of carbonyl (C=O) groups excluding carboxylic acids is 2. The molecule has 1 aromatic heterocycles. The minimum absolute atomic E-state index is 0.0841. The highest BCUT2D eigenvalue weighted by atomic mass is 32.1. The average molecular weight is 283 g/mol. The molecule has 0 aromatic carbocycles. The van der Waals surface area contributed by atoms with Crippen LogP contribution in [0, 0.1) is 5.92 Å². The van der Waals surface area contributed by atoms with Gasteiger partial charge in [-0.2, -0.15) is 0 Å². The van der Waals surface area contributed by atoms with E-state index >= 15 is 0 Å². The second kappa shape index (κ2) is 6.09. The number of nitrogen functional groups attached to an aromatic ring is 1. The van der Waals surface area contributed by atoms with Crippen LogP contribution in [0.15, 0.2) is 5.38 Å². The maximum Gasteiger partial charge on any atom is 0.294 e. The van der Waals surface area contributed by atoms with E-state index in [1.54, 1.807) is 0 Å². The van der Waals surface area contributed by atoms with Crippen molar-refractivity contribution < 1.29 is 9.59 Å². The molecule has 0 bridgehead atoms. The van der Waals surface area contributed by atoms with Crippen molar-refractivity contribution >= 4 is 23.2 Å². The fourth-order valence-electron chi connectivity index (χ4n) is 2.21. The van der Waals surface area contributed by atoms with Crippen LogP contribution in [0.3, 0.4) is 0 Å². The molecule has 2 amide bonds. The quantitative estimate of drug-likeness (QED) is 0.389. The fourth-order valence-corrected chi connectivity index (χ4v) is 2.92. The molecule has 2 heterocycles. The first-order valence-electron chi connectivity index (χ1n) is 6.07. The molecular weight excluding hydrogens is 266 g/mol. The first-order valence-corrected chi connectivity index (χ1v) is 6.95. The Labute approximate surface area is 114 Å². The van der Waals surface area contributed by atoms with Crippen LogP contribution < -0.4 is 17.0 Å². The first kappa shape index (κ1) is 13.9. The number of hydrazine groups is 1. The molecule has 8 heteroatoms. The van der Waals surface area contributed by atoms with Crippen molar-refractivity contribution in [3.05, 3.63) is 16.1 Å². The minimum Gasteiger partial charge on any atom is -0.369 e. The molecular formula is C11H17N5O2S. The Morgan fingerprint density at radius 1 is 1.58 bits per heavy atom. The molecule has 1 atom stereocenters. The van der Waals surface area contributed by atoms with Crippen LogP contribution >= 0.6 is 11.3 Å². The van der Waals surface area contributed by atoms with Crippen LogP contribution in [0.1, 0.15) is 28.3 Å². The van der Waals surface area contributed by atoms with Gasteiger partial charge in [-0.1, -0.05) is 0 Å². The molecule has 104 valence electrons. The van der Waals surface area contributed by atoms with Crippen molar-refractivity contribution in [3.63, 3.8) is 0 Å². The van der Waals surface area contributed by atoms with Gasteiger partial charge in [0, 0.05) is 18.5 Å². The second-order valence-electron chi connectivity index (χ2n) is 4.59. The number of aromatic nitrogens is 1. The Hall–Kier alpha value is -1.51. The Bertz CT molecular complexity index is 475. The number of hydrogen-bond donors (Lipinski definition) is 3. The predicted molar refractivity (Wildman–Crippen MR) is 71.0 cm³/mol. The third kappa shape index (κ3) is 3.49. The predicted octanol–water partition coefficient (Wildman–Crippen LogP) is -0.556. The van der Waals surface area contributed by atoms with Crippen LogP contribution in [-0.4, -0.2) is 34.8 Å². The Balaban J connectivity index is 1.95. The lowest BCUT2D eigenvalue weighted by Crippen LogP contribution is -2.40. The zero-order chi connectivity index (χ0) is 13.8. The topological polar surface area (TPSA) is 114 Å². The molecule has 1 saturated heterocycles. The number of nitrogens with zero attached hydrogens (tertiary/aromatic N) is 2. The van der Waals surface area contributed by atoms with Crippen molar-refractivity contribution in [2.24, 2.45) is 17.5 Å². The van der Waals surface area contributed by atoms with Crippen molar-refractivity contribution in [1.82, 2.24) is 15.3 Å². The van der Waals surface area contributed by atoms with Gasteiger partial charge in [-0.25, -0.2) is 10.8 Å². The minimum atomic E-state index is -0.384. The summed E-state index contributed by atoms with van der Waals surface area (Å²) in [7, 11) is 0.